The van der Waals surface area contributed by atoms with Crippen LogP contribution >= 0.6 is 11.6 Å². The number of carboxylic acid groups (broad SMARTS) is 1. The number of aromatic nitrogens is 1. The SMILES string of the molecule is O=C(NCCc1ccccn1)Nc1cccc(-c2ccc(C[C@@H](NS(=O)(=O)c3ccc(Cl)cc3)C(=O)O)cc2)c1. The van der Waals surface area contributed by atoms with Crippen molar-refractivity contribution in [3.05, 3.63) is 113 Å². The Morgan fingerprint density at radius 1 is 0.900 bits per heavy atom. The van der Waals surface area contributed by atoms with Crippen LogP contribution in [0.25, 0.3) is 11.1 Å². The zero-order valence-corrected chi connectivity index (χ0v) is 22.8. The third-order valence-electron chi connectivity index (χ3n) is 5.96. The van der Waals surface area contributed by atoms with Crippen molar-refractivity contribution < 1.29 is 23.1 Å². The molecule has 0 spiro atoms. The standard InChI is InChI=1S/C29H27ClN4O5S/c30-23-11-13-26(14-12-23)40(38,39)34-27(28(35)36)18-20-7-9-21(10-8-20)22-4-3-6-25(19-22)33-29(37)32-17-15-24-5-1-2-16-31-24/h1-14,16,19,27,34H,15,17-18H2,(H,35,36)(H2,32,33,37)/t27-/m1/s1. The fourth-order valence-corrected chi connectivity index (χ4v) is 5.23. The zero-order valence-electron chi connectivity index (χ0n) is 21.2. The van der Waals surface area contributed by atoms with Crippen molar-refractivity contribution in [2.75, 3.05) is 11.9 Å². The highest BCUT2D eigenvalue weighted by Crippen LogP contribution is 2.24. The summed E-state index contributed by atoms with van der Waals surface area (Å²) >= 11 is 5.82. The number of sulfonamides is 1. The quantitative estimate of drug-likeness (QED) is 0.203. The Morgan fingerprint density at radius 2 is 1.65 bits per heavy atom. The number of halogens is 1. The van der Waals surface area contributed by atoms with E-state index in [1.54, 1.807) is 24.4 Å². The molecular weight excluding hydrogens is 552 g/mol. The monoisotopic (exact) mass is 578 g/mol. The minimum Gasteiger partial charge on any atom is -0.480 e. The molecule has 206 valence electrons. The van der Waals surface area contributed by atoms with E-state index in [0.717, 1.165) is 16.8 Å². The van der Waals surface area contributed by atoms with Gasteiger partial charge in [-0.2, -0.15) is 4.72 Å². The number of hydrogen-bond acceptors (Lipinski definition) is 5. The molecule has 1 heterocycles. The lowest BCUT2D eigenvalue weighted by Gasteiger charge is -2.15. The topological polar surface area (TPSA) is 137 Å². The molecule has 0 saturated carbocycles. The Balaban J connectivity index is 1.36. The van der Waals surface area contributed by atoms with E-state index < -0.39 is 22.0 Å². The van der Waals surface area contributed by atoms with Crippen LogP contribution in [0.4, 0.5) is 10.5 Å². The van der Waals surface area contributed by atoms with Crippen LogP contribution < -0.4 is 15.4 Å². The van der Waals surface area contributed by atoms with Crippen LogP contribution in [0.3, 0.4) is 0 Å². The van der Waals surface area contributed by atoms with Gasteiger partial charge in [-0.3, -0.25) is 9.78 Å². The summed E-state index contributed by atoms with van der Waals surface area (Å²) in [4.78, 5) is 28.3. The minimum absolute atomic E-state index is 0.0529. The molecule has 4 aromatic rings. The van der Waals surface area contributed by atoms with Crippen molar-refractivity contribution in [2.24, 2.45) is 0 Å². The summed E-state index contributed by atoms with van der Waals surface area (Å²) in [6.45, 7) is 0.442. The van der Waals surface area contributed by atoms with Crippen LogP contribution in [0.1, 0.15) is 11.3 Å². The molecule has 0 aliphatic carbocycles. The first-order valence-corrected chi connectivity index (χ1v) is 14.2. The second-order valence-electron chi connectivity index (χ2n) is 8.90. The average Bonchev–Trinajstić information content (AvgIpc) is 2.94. The lowest BCUT2D eigenvalue weighted by molar-refractivity contribution is -0.138. The fourth-order valence-electron chi connectivity index (χ4n) is 3.92. The Hall–Kier alpha value is -4.25. The molecule has 9 nitrogen and oxygen atoms in total. The summed E-state index contributed by atoms with van der Waals surface area (Å²) < 4.78 is 27.6. The second kappa shape index (κ2) is 13.2. The first-order chi connectivity index (χ1) is 19.2. The molecule has 1 atom stereocenters. The first kappa shape index (κ1) is 28.8. The molecule has 0 unspecified atom stereocenters. The van der Waals surface area contributed by atoms with Crippen molar-refractivity contribution in [3.8, 4) is 11.1 Å². The predicted molar refractivity (Wildman–Crippen MR) is 154 cm³/mol. The number of nitrogens with one attached hydrogen (secondary N) is 3. The highest BCUT2D eigenvalue weighted by Gasteiger charge is 2.25. The Labute approximate surface area is 237 Å². The molecule has 0 bridgehead atoms. The van der Waals surface area contributed by atoms with Gasteiger partial charge in [-0.05, 0) is 71.6 Å². The molecule has 0 radical (unpaired) electrons. The van der Waals surface area contributed by atoms with Gasteiger partial charge in [0.05, 0.1) is 4.90 Å². The van der Waals surface area contributed by atoms with Crippen LogP contribution in [-0.4, -0.2) is 43.1 Å². The number of nitrogens with zero attached hydrogens (tertiary/aromatic N) is 1. The Kier molecular flexibility index (Phi) is 9.49. The number of pyridine rings is 1. The Morgan fingerprint density at radius 3 is 2.33 bits per heavy atom. The molecule has 40 heavy (non-hydrogen) atoms. The molecule has 0 aliphatic rings. The number of aliphatic carboxylic acids is 1. The predicted octanol–water partition coefficient (Wildman–Crippen LogP) is 4.74. The van der Waals surface area contributed by atoms with E-state index in [2.05, 4.69) is 20.3 Å². The van der Waals surface area contributed by atoms with Crippen molar-refractivity contribution in [1.29, 1.82) is 0 Å². The Bertz CT molecular complexity index is 1560. The van der Waals surface area contributed by atoms with Gasteiger partial charge >= 0.3 is 12.0 Å². The molecule has 0 fully saturated rings. The first-order valence-electron chi connectivity index (χ1n) is 12.3. The van der Waals surface area contributed by atoms with Gasteiger partial charge in [0.2, 0.25) is 10.0 Å². The van der Waals surface area contributed by atoms with Gasteiger partial charge in [-0.1, -0.05) is 54.1 Å². The maximum Gasteiger partial charge on any atom is 0.322 e. The molecule has 2 amide bonds. The van der Waals surface area contributed by atoms with E-state index in [4.69, 9.17) is 11.6 Å². The molecule has 11 heteroatoms. The highest BCUT2D eigenvalue weighted by molar-refractivity contribution is 7.89. The number of hydrogen-bond donors (Lipinski definition) is 4. The average molecular weight is 579 g/mol. The second-order valence-corrected chi connectivity index (χ2v) is 11.1. The number of anilines is 1. The van der Waals surface area contributed by atoms with E-state index >= 15 is 0 Å². The largest absolute Gasteiger partial charge is 0.480 e. The smallest absolute Gasteiger partial charge is 0.322 e. The number of carbonyl (C=O) groups excluding carboxylic acids is 1. The number of urea groups is 1. The number of carboxylic acids is 1. The molecule has 0 aliphatic heterocycles. The normalized spacial score (nSPS) is 11.9. The van der Waals surface area contributed by atoms with Gasteiger partial charge in [0, 0.05) is 35.6 Å². The molecule has 0 saturated heterocycles. The van der Waals surface area contributed by atoms with Crippen LogP contribution in [-0.2, 0) is 27.7 Å². The van der Waals surface area contributed by atoms with E-state index in [-0.39, 0.29) is 17.3 Å². The third-order valence-corrected chi connectivity index (χ3v) is 7.70. The number of carbonyl (C=O) groups is 2. The van der Waals surface area contributed by atoms with Gasteiger partial charge in [-0.25, -0.2) is 13.2 Å². The van der Waals surface area contributed by atoms with E-state index in [9.17, 15) is 23.1 Å². The van der Waals surface area contributed by atoms with Crippen molar-refractivity contribution in [3.63, 3.8) is 0 Å². The molecular formula is C29H27ClN4O5S. The maximum absolute atomic E-state index is 12.7. The van der Waals surface area contributed by atoms with E-state index in [1.807, 2.05) is 48.5 Å². The summed E-state index contributed by atoms with van der Waals surface area (Å²) in [5.74, 6) is -1.29. The summed E-state index contributed by atoms with van der Waals surface area (Å²) in [5, 5.41) is 15.6. The van der Waals surface area contributed by atoms with Gasteiger partial charge in [0.25, 0.3) is 0 Å². The lowest BCUT2D eigenvalue weighted by atomic mass is 10.0. The number of amides is 2. The van der Waals surface area contributed by atoms with E-state index in [0.29, 0.717) is 29.2 Å². The maximum atomic E-state index is 12.7. The van der Waals surface area contributed by atoms with Crippen LogP contribution in [0.2, 0.25) is 5.02 Å². The summed E-state index contributed by atoms with van der Waals surface area (Å²) in [5.41, 5.74) is 3.82. The van der Waals surface area contributed by atoms with Crippen LogP contribution in [0, 0.1) is 0 Å². The molecule has 4 rings (SSSR count). The van der Waals surface area contributed by atoms with Crippen LogP contribution in [0.15, 0.2) is 102 Å². The molecule has 1 aromatic heterocycles. The lowest BCUT2D eigenvalue weighted by Crippen LogP contribution is -2.42. The number of benzene rings is 3. The van der Waals surface area contributed by atoms with Gasteiger partial charge in [0.15, 0.2) is 0 Å². The fraction of sp³-hybridized carbons (Fsp3) is 0.138. The van der Waals surface area contributed by atoms with Crippen LogP contribution in [0.5, 0.6) is 0 Å². The van der Waals surface area contributed by atoms with Gasteiger partial charge in [-0.15, -0.1) is 0 Å². The van der Waals surface area contributed by atoms with Crippen molar-refractivity contribution >= 4 is 39.3 Å². The number of rotatable bonds is 11. The van der Waals surface area contributed by atoms with Crippen molar-refractivity contribution in [1.82, 2.24) is 15.0 Å². The molecule has 4 N–H and O–H groups in total. The highest BCUT2D eigenvalue weighted by atomic mass is 35.5. The summed E-state index contributed by atoms with van der Waals surface area (Å²) in [6, 6.07) is 23.8. The summed E-state index contributed by atoms with van der Waals surface area (Å²) in [7, 11) is -4.06. The summed E-state index contributed by atoms with van der Waals surface area (Å²) in [6.07, 6.45) is 2.27. The zero-order chi connectivity index (χ0) is 28.5. The minimum atomic E-state index is -4.06. The third kappa shape index (κ3) is 8.12. The van der Waals surface area contributed by atoms with Gasteiger partial charge in [0.1, 0.15) is 6.04 Å². The van der Waals surface area contributed by atoms with Crippen molar-refractivity contribution in [2.45, 2.75) is 23.8 Å². The van der Waals surface area contributed by atoms with E-state index in [1.165, 1.54) is 24.3 Å². The molecule has 3 aromatic carbocycles. The van der Waals surface area contributed by atoms with Gasteiger partial charge < -0.3 is 15.7 Å².